The number of amides is 1. The van der Waals surface area contributed by atoms with Gasteiger partial charge in [-0.2, -0.15) is 5.10 Å². The smallest absolute Gasteiger partial charge is 0.303 e. The first-order valence-electron chi connectivity index (χ1n) is 13.9. The number of rotatable bonds is 9. The van der Waals surface area contributed by atoms with E-state index >= 15 is 0 Å². The SMILES string of the molecule is COc1nc(-c2cccc(-c3cccc(NC(=O)c4ccnn(C)c4=O)c3C)c2Cl)ccc1CN1CC[C@@H](CC(=O)O)C1. The monoisotopic (exact) mass is 601 g/mol. The van der Waals surface area contributed by atoms with E-state index in [0.717, 1.165) is 52.0 Å². The summed E-state index contributed by atoms with van der Waals surface area (Å²) < 4.78 is 6.76. The molecule has 10 nitrogen and oxygen atoms in total. The molecule has 2 N–H and O–H groups in total. The number of methoxy groups -OCH3 is 1. The fourth-order valence-corrected chi connectivity index (χ4v) is 5.82. The maximum absolute atomic E-state index is 12.9. The van der Waals surface area contributed by atoms with Gasteiger partial charge in [0.15, 0.2) is 0 Å². The van der Waals surface area contributed by atoms with E-state index in [0.29, 0.717) is 28.8 Å². The quantitative estimate of drug-likeness (QED) is 0.274. The maximum Gasteiger partial charge on any atom is 0.303 e. The standard InChI is InChI=1S/C32H32ClN5O5/c1-19-22(6-5-9-26(19)35-30(41)25-12-14-34-37(2)32(25)42)23-7-4-8-24(29(23)33)27-11-10-21(31(36-27)43-3)18-38-15-13-20(17-38)16-28(39)40/h4-12,14,20H,13,15-18H2,1-3H3,(H,35,41)(H,39,40)/t20-/m0/s1. The number of carboxylic acids is 1. The van der Waals surface area contributed by atoms with Crippen LogP contribution >= 0.6 is 11.6 Å². The van der Waals surface area contributed by atoms with Gasteiger partial charge >= 0.3 is 5.97 Å². The Morgan fingerprint density at radius 2 is 1.84 bits per heavy atom. The number of ether oxygens (including phenoxy) is 1. The predicted molar refractivity (Wildman–Crippen MR) is 164 cm³/mol. The van der Waals surface area contributed by atoms with Crippen LogP contribution in [0, 0.1) is 12.8 Å². The van der Waals surface area contributed by atoms with Gasteiger partial charge in [0, 0.05) is 55.1 Å². The van der Waals surface area contributed by atoms with Gasteiger partial charge < -0.3 is 15.2 Å². The van der Waals surface area contributed by atoms with Crippen molar-refractivity contribution < 1.29 is 19.4 Å². The number of hydrogen-bond acceptors (Lipinski definition) is 7. The third kappa shape index (κ3) is 6.45. The summed E-state index contributed by atoms with van der Waals surface area (Å²) in [4.78, 5) is 43.4. The summed E-state index contributed by atoms with van der Waals surface area (Å²) in [5.74, 6) is -0.650. The fraction of sp³-hybridized carbons (Fsp3) is 0.281. The number of aliphatic carboxylic acids is 1. The molecular weight excluding hydrogens is 570 g/mol. The molecule has 1 aliphatic rings. The normalized spacial score (nSPS) is 14.9. The summed E-state index contributed by atoms with van der Waals surface area (Å²) >= 11 is 7.00. The van der Waals surface area contributed by atoms with Crippen LogP contribution in [-0.4, -0.2) is 56.8 Å². The Hall–Kier alpha value is -4.54. The van der Waals surface area contributed by atoms with Gasteiger partial charge in [-0.25, -0.2) is 9.67 Å². The number of carboxylic acid groups (broad SMARTS) is 1. The molecule has 0 bridgehead atoms. The number of carbonyl (C=O) groups is 2. The molecule has 1 amide bonds. The molecule has 222 valence electrons. The van der Waals surface area contributed by atoms with Crippen molar-refractivity contribution in [1.82, 2.24) is 19.7 Å². The molecule has 1 aliphatic heterocycles. The second-order valence-corrected chi connectivity index (χ2v) is 11.0. The first kappa shape index (κ1) is 29.9. The lowest BCUT2D eigenvalue weighted by molar-refractivity contribution is -0.138. The first-order valence-corrected chi connectivity index (χ1v) is 14.2. The average Bonchev–Trinajstić information content (AvgIpc) is 3.42. The lowest BCUT2D eigenvalue weighted by Gasteiger charge is -2.18. The van der Waals surface area contributed by atoms with E-state index in [2.05, 4.69) is 15.3 Å². The Bertz CT molecular complexity index is 1750. The van der Waals surface area contributed by atoms with Crippen molar-refractivity contribution >= 4 is 29.2 Å². The molecule has 1 fully saturated rings. The average molecular weight is 602 g/mol. The van der Waals surface area contributed by atoms with Gasteiger partial charge in [0.25, 0.3) is 11.5 Å². The van der Waals surface area contributed by atoms with Gasteiger partial charge in [0.2, 0.25) is 5.88 Å². The zero-order chi connectivity index (χ0) is 30.7. The lowest BCUT2D eigenvalue weighted by Crippen LogP contribution is -2.28. The summed E-state index contributed by atoms with van der Waals surface area (Å²) in [6.45, 7) is 4.05. The van der Waals surface area contributed by atoms with Gasteiger partial charge in [-0.15, -0.1) is 0 Å². The number of nitrogens with zero attached hydrogens (tertiary/aromatic N) is 4. The molecule has 1 saturated heterocycles. The summed E-state index contributed by atoms with van der Waals surface area (Å²) in [6, 6.07) is 16.5. The zero-order valence-electron chi connectivity index (χ0n) is 24.1. The van der Waals surface area contributed by atoms with Gasteiger partial charge in [-0.05, 0) is 55.1 Å². The molecule has 3 heterocycles. The molecule has 1 atom stereocenters. The first-order chi connectivity index (χ1) is 20.7. The third-order valence-corrected chi connectivity index (χ3v) is 8.16. The van der Waals surface area contributed by atoms with Crippen molar-refractivity contribution in [2.24, 2.45) is 13.0 Å². The molecule has 0 spiro atoms. The van der Waals surface area contributed by atoms with E-state index in [9.17, 15) is 14.4 Å². The van der Waals surface area contributed by atoms with E-state index in [1.54, 1.807) is 13.2 Å². The molecule has 0 saturated carbocycles. The van der Waals surface area contributed by atoms with E-state index in [1.165, 1.54) is 19.3 Å². The number of nitrogens with one attached hydrogen (secondary N) is 1. The zero-order valence-corrected chi connectivity index (χ0v) is 24.9. The second kappa shape index (κ2) is 12.8. The highest BCUT2D eigenvalue weighted by molar-refractivity contribution is 6.36. The molecule has 4 aromatic rings. The van der Waals surface area contributed by atoms with Crippen LogP contribution in [0.2, 0.25) is 5.02 Å². The molecule has 0 unspecified atom stereocenters. The highest BCUT2D eigenvalue weighted by Gasteiger charge is 2.26. The van der Waals surface area contributed by atoms with Gasteiger partial charge in [0.05, 0.1) is 17.8 Å². The van der Waals surface area contributed by atoms with Crippen molar-refractivity contribution in [1.29, 1.82) is 0 Å². The minimum atomic E-state index is -0.765. The minimum absolute atomic E-state index is 0.00406. The molecule has 5 rings (SSSR count). The number of aromatic nitrogens is 3. The Kier molecular flexibility index (Phi) is 8.89. The van der Waals surface area contributed by atoms with Crippen LogP contribution in [0.15, 0.2) is 65.6 Å². The summed E-state index contributed by atoms with van der Waals surface area (Å²) in [5, 5.41) is 16.3. The molecule has 2 aromatic carbocycles. The maximum atomic E-state index is 12.9. The van der Waals surface area contributed by atoms with Crippen LogP contribution in [0.3, 0.4) is 0 Å². The minimum Gasteiger partial charge on any atom is -0.481 e. The van der Waals surface area contributed by atoms with Gasteiger partial charge in [-0.1, -0.05) is 48.0 Å². The predicted octanol–water partition coefficient (Wildman–Crippen LogP) is 5.03. The van der Waals surface area contributed by atoms with Gasteiger partial charge in [-0.3, -0.25) is 19.3 Å². The van der Waals surface area contributed by atoms with E-state index in [1.807, 2.05) is 49.4 Å². The fourth-order valence-electron chi connectivity index (χ4n) is 5.50. The van der Waals surface area contributed by atoms with Crippen molar-refractivity contribution in [3.05, 3.63) is 92.9 Å². The van der Waals surface area contributed by atoms with E-state index in [4.69, 9.17) is 26.4 Å². The Balaban J connectivity index is 1.40. The van der Waals surface area contributed by atoms with Crippen LogP contribution in [0.25, 0.3) is 22.4 Å². The summed E-state index contributed by atoms with van der Waals surface area (Å²) in [7, 11) is 3.07. The Labute approximate surface area is 253 Å². The Morgan fingerprint density at radius 1 is 1.09 bits per heavy atom. The summed E-state index contributed by atoms with van der Waals surface area (Å²) in [6.07, 6.45) is 2.44. The number of anilines is 1. The third-order valence-electron chi connectivity index (χ3n) is 7.76. The molecule has 0 aliphatic carbocycles. The topological polar surface area (TPSA) is 127 Å². The highest BCUT2D eigenvalue weighted by Crippen LogP contribution is 2.39. The second-order valence-electron chi connectivity index (χ2n) is 10.6. The van der Waals surface area contributed by atoms with Crippen molar-refractivity contribution in [3.8, 4) is 28.3 Å². The van der Waals surface area contributed by atoms with Crippen LogP contribution in [0.1, 0.15) is 34.3 Å². The lowest BCUT2D eigenvalue weighted by atomic mass is 9.96. The molecule has 11 heteroatoms. The largest absolute Gasteiger partial charge is 0.481 e. The molecule has 0 radical (unpaired) electrons. The van der Waals surface area contributed by atoms with Crippen molar-refractivity contribution in [2.45, 2.75) is 26.3 Å². The van der Waals surface area contributed by atoms with Crippen molar-refractivity contribution in [2.75, 3.05) is 25.5 Å². The molecule has 43 heavy (non-hydrogen) atoms. The number of likely N-dealkylation sites (tertiary alicyclic amines) is 1. The number of halogens is 1. The highest BCUT2D eigenvalue weighted by atomic mass is 35.5. The molecule has 2 aromatic heterocycles. The number of benzene rings is 2. The number of hydrogen-bond donors (Lipinski definition) is 2. The van der Waals surface area contributed by atoms with Crippen LogP contribution in [-0.2, 0) is 18.4 Å². The van der Waals surface area contributed by atoms with E-state index in [-0.39, 0.29) is 17.9 Å². The van der Waals surface area contributed by atoms with E-state index < -0.39 is 17.4 Å². The number of pyridine rings is 1. The number of aryl methyl sites for hydroxylation is 1. The number of carbonyl (C=O) groups excluding carboxylic acids is 1. The van der Waals surface area contributed by atoms with Crippen LogP contribution in [0.4, 0.5) is 5.69 Å². The van der Waals surface area contributed by atoms with Crippen LogP contribution in [0.5, 0.6) is 5.88 Å². The van der Waals surface area contributed by atoms with Crippen LogP contribution < -0.4 is 15.6 Å². The summed E-state index contributed by atoms with van der Waals surface area (Å²) in [5.41, 5.74) is 4.72. The van der Waals surface area contributed by atoms with Crippen molar-refractivity contribution in [3.63, 3.8) is 0 Å². The molecular formula is C32H32ClN5O5. The Morgan fingerprint density at radius 3 is 2.60 bits per heavy atom. The van der Waals surface area contributed by atoms with Gasteiger partial charge in [0.1, 0.15) is 5.56 Å².